The van der Waals surface area contributed by atoms with Crippen molar-refractivity contribution in [2.45, 2.75) is 6.42 Å². The molecule has 0 aromatic heterocycles. The van der Waals surface area contributed by atoms with E-state index in [-0.39, 0.29) is 98.2 Å². The van der Waals surface area contributed by atoms with Crippen molar-refractivity contribution < 1.29 is 83.8 Å². The Hall–Kier alpha value is -1.07. The predicted octanol–water partition coefficient (Wildman–Crippen LogP) is -1.51. The van der Waals surface area contributed by atoms with Crippen LogP contribution in [0.15, 0.2) is 36.4 Å². The quantitative estimate of drug-likeness (QED) is 0.314. The van der Waals surface area contributed by atoms with E-state index in [0.717, 1.165) is 0 Å². The van der Waals surface area contributed by atoms with Gasteiger partial charge in [0.15, 0.2) is 23.1 Å². The number of carbonyl (C=O) groups is 2. The third-order valence-electron chi connectivity index (χ3n) is 3.83. The minimum absolute atomic E-state index is 0. The summed E-state index contributed by atoms with van der Waals surface area (Å²) in [5.41, 5.74) is 0.409. The maximum absolute atomic E-state index is 12.6. The molecule has 3 rings (SSSR count). The fourth-order valence-corrected chi connectivity index (χ4v) is 3.16. The van der Waals surface area contributed by atoms with Crippen LogP contribution in [0.5, 0.6) is 11.5 Å². The van der Waals surface area contributed by atoms with Gasteiger partial charge in [0, 0.05) is 22.4 Å². The summed E-state index contributed by atoms with van der Waals surface area (Å²) in [5.74, 6) is -1.98. The van der Waals surface area contributed by atoms with Crippen LogP contribution in [0.3, 0.4) is 0 Å². The zero-order valence-corrected chi connectivity index (χ0v) is 17.8. The van der Waals surface area contributed by atoms with Gasteiger partial charge < -0.3 is 14.4 Å². The molecule has 9 heteroatoms. The number of carbonyl (C=O) groups excluding carboxylic acids is 2. The Morgan fingerprint density at radius 1 is 0.962 bits per heavy atom. The molecule has 1 aliphatic carbocycles. The minimum Gasteiger partial charge on any atom is -0.748 e. The molecular formula is C17H13KO7S. The first-order valence-electron chi connectivity index (χ1n) is 7.40. The average molecular weight is 400 g/mol. The van der Waals surface area contributed by atoms with E-state index in [1.165, 1.54) is 18.2 Å². The molecular weight excluding hydrogens is 387 g/mol. The monoisotopic (exact) mass is 400 g/mol. The van der Waals surface area contributed by atoms with Crippen LogP contribution < -0.4 is 56.1 Å². The summed E-state index contributed by atoms with van der Waals surface area (Å²) >= 11 is 0. The number of ketones is 2. The molecule has 26 heavy (non-hydrogen) atoms. The smallest absolute Gasteiger partial charge is 0.748 e. The van der Waals surface area contributed by atoms with Crippen molar-refractivity contribution in [1.29, 1.82) is 0 Å². The molecule has 0 saturated carbocycles. The largest absolute Gasteiger partial charge is 1.00 e. The standard InChI is InChI=1S/C17H14O7S.K/c18-15-10-4-1-2-5-11(10)16(19)14-12(15)6-7-13(17(14)20)24-8-3-9-25(21,22)23;/h1-2,4-7,20H,3,8-9H2,(H,21,22,23);/q;+1/p-1. The summed E-state index contributed by atoms with van der Waals surface area (Å²) in [6.07, 6.45) is -0.0575. The second-order valence-corrected chi connectivity index (χ2v) is 7.03. The van der Waals surface area contributed by atoms with Gasteiger partial charge in [-0.3, -0.25) is 9.59 Å². The maximum Gasteiger partial charge on any atom is 1.00 e. The molecule has 2 aromatic carbocycles. The molecule has 1 aliphatic rings. The first-order chi connectivity index (χ1) is 11.8. The fourth-order valence-electron chi connectivity index (χ4n) is 2.68. The molecule has 0 amide bonds. The van der Waals surface area contributed by atoms with Crippen molar-refractivity contribution in [3.63, 3.8) is 0 Å². The number of hydrogen-bond acceptors (Lipinski definition) is 7. The number of phenolic OH excluding ortho intramolecular Hbond substituents is 1. The van der Waals surface area contributed by atoms with E-state index < -0.39 is 27.4 Å². The molecule has 1 N–H and O–H groups in total. The van der Waals surface area contributed by atoms with Gasteiger partial charge in [-0.1, -0.05) is 24.3 Å². The van der Waals surface area contributed by atoms with E-state index in [9.17, 15) is 27.7 Å². The fraction of sp³-hybridized carbons (Fsp3) is 0.176. The van der Waals surface area contributed by atoms with Crippen LogP contribution in [0.4, 0.5) is 0 Å². The zero-order chi connectivity index (χ0) is 18.2. The molecule has 0 atom stereocenters. The van der Waals surface area contributed by atoms with Gasteiger partial charge in [-0.15, -0.1) is 0 Å². The molecule has 0 spiro atoms. The van der Waals surface area contributed by atoms with Crippen molar-refractivity contribution in [2.24, 2.45) is 0 Å². The third kappa shape index (κ3) is 4.25. The summed E-state index contributed by atoms with van der Waals surface area (Å²) in [6, 6.07) is 9.03. The molecule has 0 fully saturated rings. The van der Waals surface area contributed by atoms with Gasteiger partial charge >= 0.3 is 51.4 Å². The third-order valence-corrected chi connectivity index (χ3v) is 4.61. The van der Waals surface area contributed by atoms with E-state index in [4.69, 9.17) is 4.74 Å². The zero-order valence-electron chi connectivity index (χ0n) is 13.9. The molecule has 0 radical (unpaired) electrons. The van der Waals surface area contributed by atoms with Gasteiger partial charge in [0.25, 0.3) is 0 Å². The van der Waals surface area contributed by atoms with Crippen molar-refractivity contribution in [1.82, 2.24) is 0 Å². The van der Waals surface area contributed by atoms with E-state index in [0.29, 0.717) is 0 Å². The van der Waals surface area contributed by atoms with Crippen LogP contribution in [0.1, 0.15) is 38.3 Å². The average Bonchev–Trinajstić information content (AvgIpc) is 2.56. The van der Waals surface area contributed by atoms with Gasteiger partial charge in [-0.05, 0) is 18.6 Å². The van der Waals surface area contributed by atoms with E-state index in [1.807, 2.05) is 0 Å². The van der Waals surface area contributed by atoms with Gasteiger partial charge in [0.2, 0.25) is 0 Å². The van der Waals surface area contributed by atoms with Gasteiger partial charge in [0.05, 0.1) is 22.3 Å². The van der Waals surface area contributed by atoms with Gasteiger partial charge in [0.1, 0.15) is 0 Å². The van der Waals surface area contributed by atoms with Crippen LogP contribution in [0.25, 0.3) is 0 Å². The van der Waals surface area contributed by atoms with Gasteiger partial charge in [-0.2, -0.15) is 0 Å². The van der Waals surface area contributed by atoms with Gasteiger partial charge in [-0.25, -0.2) is 8.42 Å². The summed E-state index contributed by atoms with van der Waals surface area (Å²) in [5, 5.41) is 10.3. The number of fused-ring (bicyclic) bond motifs is 2. The first-order valence-corrected chi connectivity index (χ1v) is 8.98. The number of aromatic hydroxyl groups is 1. The van der Waals surface area contributed by atoms with Crippen molar-refractivity contribution >= 4 is 21.7 Å². The van der Waals surface area contributed by atoms with Crippen LogP contribution in [-0.2, 0) is 10.1 Å². The summed E-state index contributed by atoms with van der Waals surface area (Å²) < 4.78 is 36.9. The Morgan fingerprint density at radius 3 is 2.19 bits per heavy atom. The molecule has 0 bridgehead atoms. The van der Waals surface area contributed by atoms with E-state index >= 15 is 0 Å². The Morgan fingerprint density at radius 2 is 1.58 bits per heavy atom. The number of phenols is 1. The van der Waals surface area contributed by atoms with Crippen molar-refractivity contribution in [3.8, 4) is 11.5 Å². The maximum atomic E-state index is 12.6. The van der Waals surface area contributed by atoms with Crippen LogP contribution in [0, 0.1) is 0 Å². The second-order valence-electron chi connectivity index (χ2n) is 5.50. The Labute approximate surface area is 192 Å². The predicted molar refractivity (Wildman–Crippen MR) is 86.1 cm³/mol. The summed E-state index contributed by atoms with van der Waals surface area (Å²) in [4.78, 5) is 25.1. The molecule has 7 nitrogen and oxygen atoms in total. The molecule has 2 aromatic rings. The summed E-state index contributed by atoms with van der Waals surface area (Å²) in [7, 11) is -4.34. The second kappa shape index (κ2) is 8.30. The van der Waals surface area contributed by atoms with E-state index in [2.05, 4.69) is 0 Å². The molecule has 0 aliphatic heterocycles. The van der Waals surface area contributed by atoms with E-state index in [1.54, 1.807) is 18.2 Å². The Kier molecular flexibility index (Phi) is 6.78. The molecule has 130 valence electrons. The topological polar surface area (TPSA) is 121 Å². The molecule has 0 saturated heterocycles. The van der Waals surface area contributed by atoms with Crippen molar-refractivity contribution in [2.75, 3.05) is 12.4 Å². The first kappa shape index (κ1) is 21.2. The minimum atomic E-state index is -4.34. The Bertz CT molecular complexity index is 983. The van der Waals surface area contributed by atoms with Crippen LogP contribution in [0.2, 0.25) is 0 Å². The number of benzene rings is 2. The summed E-state index contributed by atoms with van der Waals surface area (Å²) in [6.45, 7) is -0.132. The number of ether oxygens (including phenoxy) is 1. The Balaban J connectivity index is 0.00000243. The van der Waals surface area contributed by atoms with Crippen LogP contribution in [-0.4, -0.2) is 42.0 Å². The molecule has 0 unspecified atom stereocenters. The number of hydrogen-bond donors (Lipinski definition) is 1. The molecule has 0 heterocycles. The van der Waals surface area contributed by atoms with Crippen molar-refractivity contribution in [3.05, 3.63) is 58.7 Å². The van der Waals surface area contributed by atoms with Crippen LogP contribution >= 0.6 is 0 Å². The SMILES string of the molecule is O=C1c2ccccc2C(=O)c2c1ccc(OCCCS(=O)(=O)[O-])c2O.[K+]. The number of rotatable bonds is 5. The normalized spacial score (nSPS) is 12.8.